The minimum Gasteiger partial charge on any atom is -0.300 e. The Morgan fingerprint density at radius 3 is 2.11 bits per heavy atom. The van der Waals surface area contributed by atoms with E-state index in [2.05, 4.69) is 32.6 Å². The topological polar surface area (TPSA) is 3.24 Å². The zero-order chi connectivity index (χ0) is 14.3. The summed E-state index contributed by atoms with van der Waals surface area (Å²) in [4.78, 5) is 2.79. The lowest BCUT2D eigenvalue weighted by molar-refractivity contribution is 0.134. The molecular formula is C17H35NS. The number of rotatable bonds is 11. The average molecular weight is 286 g/mol. The van der Waals surface area contributed by atoms with E-state index in [1.165, 1.54) is 58.0 Å². The molecule has 0 N–H and O–H groups in total. The van der Waals surface area contributed by atoms with Gasteiger partial charge in [-0.05, 0) is 55.7 Å². The molecule has 0 atom stereocenters. The van der Waals surface area contributed by atoms with E-state index < -0.39 is 0 Å². The van der Waals surface area contributed by atoms with Crippen LogP contribution in [0.4, 0.5) is 0 Å². The van der Waals surface area contributed by atoms with Crippen molar-refractivity contribution in [2.45, 2.75) is 78.7 Å². The van der Waals surface area contributed by atoms with Crippen LogP contribution in [-0.2, 0) is 0 Å². The molecule has 114 valence electrons. The highest BCUT2D eigenvalue weighted by atomic mass is 32.1. The van der Waals surface area contributed by atoms with Crippen LogP contribution in [0.2, 0.25) is 0 Å². The van der Waals surface area contributed by atoms with Gasteiger partial charge in [0.05, 0.1) is 0 Å². The molecule has 0 radical (unpaired) electrons. The normalized spacial score (nSPS) is 16.6. The second kappa shape index (κ2) is 8.56. The van der Waals surface area contributed by atoms with Crippen LogP contribution in [0.3, 0.4) is 0 Å². The molecule has 0 aromatic carbocycles. The monoisotopic (exact) mass is 285 g/mol. The highest BCUT2D eigenvalue weighted by Crippen LogP contribution is 2.36. The Labute approximate surface area is 126 Å². The maximum atomic E-state index is 4.71. The first-order valence-electron chi connectivity index (χ1n) is 8.41. The van der Waals surface area contributed by atoms with Gasteiger partial charge in [0.25, 0.3) is 0 Å². The van der Waals surface area contributed by atoms with E-state index in [-0.39, 0.29) is 0 Å². The first-order valence-corrected chi connectivity index (χ1v) is 9.05. The van der Waals surface area contributed by atoms with E-state index in [4.69, 9.17) is 12.6 Å². The molecule has 1 fully saturated rings. The summed E-state index contributed by atoms with van der Waals surface area (Å²) in [6.45, 7) is 11.9. The molecule has 1 rings (SSSR count). The number of thiol groups is 1. The van der Waals surface area contributed by atoms with Crippen LogP contribution in [0.25, 0.3) is 0 Å². The Morgan fingerprint density at radius 2 is 1.74 bits per heavy atom. The van der Waals surface area contributed by atoms with E-state index in [1.807, 2.05) is 0 Å². The van der Waals surface area contributed by atoms with Gasteiger partial charge in [-0.2, -0.15) is 12.6 Å². The van der Waals surface area contributed by atoms with Gasteiger partial charge in [-0.25, -0.2) is 0 Å². The van der Waals surface area contributed by atoms with E-state index >= 15 is 0 Å². The molecule has 0 aromatic heterocycles. The molecular weight excluding hydrogens is 250 g/mol. The molecule has 19 heavy (non-hydrogen) atoms. The second-order valence-electron chi connectivity index (χ2n) is 7.04. The van der Waals surface area contributed by atoms with Gasteiger partial charge in [-0.15, -0.1) is 0 Å². The summed E-state index contributed by atoms with van der Waals surface area (Å²) in [6.07, 6.45) is 9.48. The fourth-order valence-corrected chi connectivity index (χ4v) is 3.65. The standard InChI is InChI=1S/C17H35NS/c1-5-10-17(14-19,11-6-2)13-18(16-7-8-16)12-9-15(3)4/h15-16,19H,5-14H2,1-4H3. The predicted octanol–water partition coefficient (Wildman–Crippen LogP) is 5.01. The molecule has 1 aliphatic carbocycles. The Hall–Kier alpha value is 0.310. The van der Waals surface area contributed by atoms with E-state index in [1.54, 1.807) is 0 Å². The van der Waals surface area contributed by atoms with Crippen molar-refractivity contribution in [3.05, 3.63) is 0 Å². The molecule has 0 spiro atoms. The quantitative estimate of drug-likeness (QED) is 0.522. The molecule has 0 heterocycles. The SMILES string of the molecule is CCCC(CS)(CCC)CN(CCC(C)C)C1CC1. The number of hydrogen-bond acceptors (Lipinski definition) is 2. The summed E-state index contributed by atoms with van der Waals surface area (Å²) in [5.41, 5.74) is 0.464. The number of nitrogens with zero attached hydrogens (tertiary/aromatic N) is 1. The van der Waals surface area contributed by atoms with Gasteiger partial charge in [-0.1, -0.05) is 40.5 Å². The molecule has 0 aromatic rings. The van der Waals surface area contributed by atoms with Crippen LogP contribution in [0.5, 0.6) is 0 Å². The third kappa shape index (κ3) is 6.08. The van der Waals surface area contributed by atoms with Crippen LogP contribution in [-0.4, -0.2) is 29.8 Å². The van der Waals surface area contributed by atoms with Crippen LogP contribution < -0.4 is 0 Å². The van der Waals surface area contributed by atoms with Crippen LogP contribution in [0.15, 0.2) is 0 Å². The smallest absolute Gasteiger partial charge is 0.00966 e. The third-order valence-electron chi connectivity index (χ3n) is 4.49. The Balaban J connectivity index is 2.60. The van der Waals surface area contributed by atoms with Crippen LogP contribution in [0, 0.1) is 11.3 Å². The van der Waals surface area contributed by atoms with Crippen LogP contribution in [0.1, 0.15) is 72.6 Å². The molecule has 1 nitrogen and oxygen atoms in total. The van der Waals surface area contributed by atoms with E-state index in [0.29, 0.717) is 5.41 Å². The van der Waals surface area contributed by atoms with Crippen molar-refractivity contribution in [2.75, 3.05) is 18.8 Å². The molecule has 1 saturated carbocycles. The van der Waals surface area contributed by atoms with Crippen molar-refractivity contribution < 1.29 is 0 Å². The van der Waals surface area contributed by atoms with Gasteiger partial charge in [0, 0.05) is 12.6 Å². The van der Waals surface area contributed by atoms with Gasteiger partial charge in [0.2, 0.25) is 0 Å². The lowest BCUT2D eigenvalue weighted by atomic mass is 9.80. The molecule has 0 amide bonds. The highest BCUT2D eigenvalue weighted by Gasteiger charge is 2.35. The van der Waals surface area contributed by atoms with Gasteiger partial charge < -0.3 is 0 Å². The second-order valence-corrected chi connectivity index (χ2v) is 7.36. The van der Waals surface area contributed by atoms with Crippen molar-refractivity contribution in [1.82, 2.24) is 4.90 Å². The lowest BCUT2D eigenvalue weighted by Crippen LogP contribution is -2.41. The van der Waals surface area contributed by atoms with Crippen molar-refractivity contribution in [2.24, 2.45) is 11.3 Å². The molecule has 0 unspecified atom stereocenters. The van der Waals surface area contributed by atoms with E-state index in [9.17, 15) is 0 Å². The summed E-state index contributed by atoms with van der Waals surface area (Å²) < 4.78 is 0. The largest absolute Gasteiger partial charge is 0.300 e. The Bertz CT molecular complexity index is 229. The minimum atomic E-state index is 0.464. The van der Waals surface area contributed by atoms with Gasteiger partial charge in [0.15, 0.2) is 0 Å². The zero-order valence-electron chi connectivity index (χ0n) is 13.6. The fraction of sp³-hybridized carbons (Fsp3) is 1.00. The summed E-state index contributed by atoms with van der Waals surface area (Å²) in [7, 11) is 0. The van der Waals surface area contributed by atoms with Crippen molar-refractivity contribution in [1.29, 1.82) is 0 Å². The average Bonchev–Trinajstić information content (AvgIpc) is 3.19. The van der Waals surface area contributed by atoms with Crippen molar-refractivity contribution in [3.8, 4) is 0 Å². The summed E-state index contributed by atoms with van der Waals surface area (Å²) in [5.74, 6) is 1.88. The maximum absolute atomic E-state index is 4.71. The van der Waals surface area contributed by atoms with Gasteiger partial charge >= 0.3 is 0 Å². The highest BCUT2D eigenvalue weighted by molar-refractivity contribution is 7.80. The molecule has 1 aliphatic rings. The minimum absolute atomic E-state index is 0.464. The van der Waals surface area contributed by atoms with E-state index in [0.717, 1.165) is 17.7 Å². The van der Waals surface area contributed by atoms with Gasteiger partial charge in [0.1, 0.15) is 0 Å². The maximum Gasteiger partial charge on any atom is 0.00966 e. The third-order valence-corrected chi connectivity index (χ3v) is 5.16. The molecule has 0 aliphatic heterocycles. The molecule has 0 bridgehead atoms. The van der Waals surface area contributed by atoms with Gasteiger partial charge in [-0.3, -0.25) is 4.90 Å². The summed E-state index contributed by atoms with van der Waals surface area (Å²) in [6, 6.07) is 0.895. The fourth-order valence-electron chi connectivity index (χ4n) is 3.24. The molecule has 2 heteroatoms. The zero-order valence-corrected chi connectivity index (χ0v) is 14.5. The van der Waals surface area contributed by atoms with Crippen molar-refractivity contribution in [3.63, 3.8) is 0 Å². The Kier molecular flexibility index (Phi) is 7.83. The summed E-state index contributed by atoms with van der Waals surface area (Å²) >= 11 is 4.71. The number of hydrogen-bond donors (Lipinski definition) is 1. The molecule has 0 saturated heterocycles. The Morgan fingerprint density at radius 1 is 1.16 bits per heavy atom. The summed E-state index contributed by atoms with van der Waals surface area (Å²) in [5, 5.41) is 0. The van der Waals surface area contributed by atoms with Crippen molar-refractivity contribution >= 4 is 12.6 Å². The van der Waals surface area contributed by atoms with Crippen LogP contribution >= 0.6 is 12.6 Å². The first kappa shape index (κ1) is 17.4. The lowest BCUT2D eigenvalue weighted by Gasteiger charge is -2.38. The first-order chi connectivity index (χ1) is 9.06. The predicted molar refractivity (Wildman–Crippen MR) is 90.2 cm³/mol.